The van der Waals surface area contributed by atoms with Crippen LogP contribution in [0.4, 0.5) is 5.69 Å². The van der Waals surface area contributed by atoms with Crippen LogP contribution in [0.25, 0.3) is 0 Å². The van der Waals surface area contributed by atoms with E-state index in [1.807, 2.05) is 60.3 Å². The molecule has 0 saturated heterocycles. The fourth-order valence-corrected chi connectivity index (χ4v) is 3.78. The number of carbonyl (C=O) groups excluding carboxylic acids is 1. The molecule has 2 N–H and O–H groups in total. The summed E-state index contributed by atoms with van der Waals surface area (Å²) in [5.41, 5.74) is 3.20. The molecule has 0 aliphatic carbocycles. The van der Waals surface area contributed by atoms with Gasteiger partial charge in [0.05, 0.1) is 18.8 Å². The van der Waals surface area contributed by atoms with Gasteiger partial charge in [0.1, 0.15) is 5.75 Å². The maximum absolute atomic E-state index is 12.3. The fourth-order valence-electron chi connectivity index (χ4n) is 3.78. The Labute approximate surface area is 217 Å². The lowest BCUT2D eigenvalue weighted by Gasteiger charge is -2.29. The number of guanidine groups is 1. The molecule has 0 bridgehead atoms. The number of halogens is 1. The molecule has 4 rings (SSSR count). The third-order valence-electron chi connectivity index (χ3n) is 5.42. The van der Waals surface area contributed by atoms with Crippen molar-refractivity contribution in [1.29, 1.82) is 0 Å². The number of carbonyl (C=O) groups is 1. The van der Waals surface area contributed by atoms with Gasteiger partial charge in [0.25, 0.3) is 5.91 Å². The maximum atomic E-state index is 12.3. The molecule has 8 nitrogen and oxygen atoms in total. The van der Waals surface area contributed by atoms with Gasteiger partial charge in [-0.05, 0) is 42.7 Å². The second-order valence-corrected chi connectivity index (χ2v) is 7.75. The standard InChI is InChI=1S/C25H30N6O2.HI/c1-2-26-25(28-17-20-9-3-4-10-21(20)18-30-15-8-14-29-30)27-13-7-16-31-22-11-5-6-12-23(22)33-19-24(31)32;/h3-6,8-12,14-15H,2,7,13,16-19H2,1H3,(H2,26,27,28);1H. The molecule has 1 amide bonds. The van der Waals surface area contributed by atoms with Crippen LogP contribution in [0.5, 0.6) is 5.75 Å². The SMILES string of the molecule is CCNC(=NCc1ccccc1Cn1cccn1)NCCCN1C(=O)COc2ccccc21.I. The first-order chi connectivity index (χ1) is 16.2. The first-order valence-electron chi connectivity index (χ1n) is 11.3. The lowest BCUT2D eigenvalue weighted by molar-refractivity contribution is -0.121. The average molecular weight is 574 g/mol. The van der Waals surface area contributed by atoms with Gasteiger partial charge in [-0.25, -0.2) is 4.99 Å². The molecule has 1 aliphatic heterocycles. The third-order valence-corrected chi connectivity index (χ3v) is 5.42. The molecule has 2 heterocycles. The summed E-state index contributed by atoms with van der Waals surface area (Å²) >= 11 is 0. The maximum Gasteiger partial charge on any atom is 0.265 e. The zero-order valence-corrected chi connectivity index (χ0v) is 21.6. The van der Waals surface area contributed by atoms with Gasteiger partial charge in [0.2, 0.25) is 0 Å². The summed E-state index contributed by atoms with van der Waals surface area (Å²) in [5, 5.41) is 11.0. The van der Waals surface area contributed by atoms with Crippen molar-refractivity contribution >= 4 is 41.5 Å². The Bertz CT molecular complexity index is 1090. The number of amides is 1. The molecule has 1 aliphatic rings. The number of aromatic nitrogens is 2. The van der Waals surface area contributed by atoms with Crippen LogP contribution in [0.2, 0.25) is 0 Å². The van der Waals surface area contributed by atoms with Crippen LogP contribution in [-0.2, 0) is 17.9 Å². The highest BCUT2D eigenvalue weighted by Gasteiger charge is 2.24. The lowest BCUT2D eigenvalue weighted by Crippen LogP contribution is -2.42. The van der Waals surface area contributed by atoms with Gasteiger partial charge in [-0.1, -0.05) is 36.4 Å². The molecule has 0 unspecified atom stereocenters. The molecule has 1 aromatic heterocycles. The van der Waals surface area contributed by atoms with Crippen molar-refractivity contribution in [2.75, 3.05) is 31.1 Å². The first kappa shape index (κ1) is 25.5. The summed E-state index contributed by atoms with van der Waals surface area (Å²) in [6.45, 7) is 5.53. The largest absolute Gasteiger partial charge is 0.482 e. The van der Waals surface area contributed by atoms with Gasteiger partial charge in [-0.2, -0.15) is 5.10 Å². The van der Waals surface area contributed by atoms with Crippen LogP contribution >= 0.6 is 24.0 Å². The van der Waals surface area contributed by atoms with Gasteiger partial charge in [0, 0.05) is 32.0 Å². The molecule has 3 aromatic rings. The van der Waals surface area contributed by atoms with E-state index in [0.29, 0.717) is 19.6 Å². The lowest BCUT2D eigenvalue weighted by atomic mass is 10.1. The number of nitrogens with one attached hydrogen (secondary N) is 2. The van der Waals surface area contributed by atoms with E-state index in [0.717, 1.165) is 36.9 Å². The molecular weight excluding hydrogens is 543 g/mol. The van der Waals surface area contributed by atoms with Crippen molar-refractivity contribution in [3.8, 4) is 5.75 Å². The number of benzene rings is 2. The monoisotopic (exact) mass is 574 g/mol. The number of anilines is 1. The Balaban J connectivity index is 0.00000324. The van der Waals surface area contributed by atoms with E-state index in [1.54, 1.807) is 11.1 Å². The highest BCUT2D eigenvalue weighted by molar-refractivity contribution is 14.0. The Morgan fingerprint density at radius 1 is 1.09 bits per heavy atom. The number of fused-ring (bicyclic) bond motifs is 1. The van der Waals surface area contributed by atoms with Gasteiger partial charge in [0.15, 0.2) is 12.6 Å². The van der Waals surface area contributed by atoms with Crippen molar-refractivity contribution in [3.63, 3.8) is 0 Å². The predicted molar refractivity (Wildman–Crippen MR) is 145 cm³/mol. The molecule has 0 spiro atoms. The van der Waals surface area contributed by atoms with Crippen LogP contribution < -0.4 is 20.3 Å². The highest BCUT2D eigenvalue weighted by Crippen LogP contribution is 2.31. The van der Waals surface area contributed by atoms with E-state index >= 15 is 0 Å². The summed E-state index contributed by atoms with van der Waals surface area (Å²) in [6.07, 6.45) is 4.54. The van der Waals surface area contributed by atoms with E-state index in [2.05, 4.69) is 27.9 Å². The molecular formula is C25H31IN6O2. The van der Waals surface area contributed by atoms with E-state index in [1.165, 1.54) is 11.1 Å². The average Bonchev–Trinajstić information content (AvgIpc) is 3.35. The van der Waals surface area contributed by atoms with E-state index in [4.69, 9.17) is 9.73 Å². The molecule has 0 saturated carbocycles. The van der Waals surface area contributed by atoms with Crippen molar-refractivity contribution in [2.45, 2.75) is 26.4 Å². The fraction of sp³-hybridized carbons (Fsp3) is 0.320. The van der Waals surface area contributed by atoms with Crippen molar-refractivity contribution < 1.29 is 9.53 Å². The van der Waals surface area contributed by atoms with Gasteiger partial charge in [-0.3, -0.25) is 9.48 Å². The normalized spacial score (nSPS) is 13.0. The zero-order valence-electron chi connectivity index (χ0n) is 19.3. The molecule has 180 valence electrons. The number of hydrogen-bond acceptors (Lipinski definition) is 4. The second kappa shape index (κ2) is 13.0. The van der Waals surface area contributed by atoms with Gasteiger partial charge in [-0.15, -0.1) is 24.0 Å². The number of ether oxygens (including phenoxy) is 1. The van der Waals surface area contributed by atoms with Crippen LogP contribution in [-0.4, -0.2) is 47.9 Å². The van der Waals surface area contributed by atoms with Crippen LogP contribution in [0.15, 0.2) is 72.0 Å². The molecule has 0 fully saturated rings. The predicted octanol–water partition coefficient (Wildman–Crippen LogP) is 3.42. The number of hydrogen-bond donors (Lipinski definition) is 2. The quantitative estimate of drug-likeness (QED) is 0.177. The Kier molecular flexibility index (Phi) is 9.75. The van der Waals surface area contributed by atoms with E-state index in [9.17, 15) is 4.79 Å². The Morgan fingerprint density at radius 2 is 1.88 bits per heavy atom. The zero-order chi connectivity index (χ0) is 22.9. The van der Waals surface area contributed by atoms with E-state index < -0.39 is 0 Å². The number of nitrogens with zero attached hydrogens (tertiary/aromatic N) is 4. The minimum absolute atomic E-state index is 0. The van der Waals surface area contributed by atoms with Crippen molar-refractivity contribution in [3.05, 3.63) is 78.1 Å². The van der Waals surface area contributed by atoms with Crippen molar-refractivity contribution in [2.24, 2.45) is 4.99 Å². The Morgan fingerprint density at radius 3 is 2.68 bits per heavy atom. The third kappa shape index (κ3) is 6.72. The second-order valence-electron chi connectivity index (χ2n) is 7.75. The van der Waals surface area contributed by atoms with Crippen LogP contribution in [0, 0.1) is 0 Å². The summed E-state index contributed by atoms with van der Waals surface area (Å²) in [5.74, 6) is 1.51. The summed E-state index contributed by atoms with van der Waals surface area (Å²) in [7, 11) is 0. The van der Waals surface area contributed by atoms with Gasteiger partial charge >= 0.3 is 0 Å². The first-order valence-corrected chi connectivity index (χ1v) is 11.3. The van der Waals surface area contributed by atoms with Crippen LogP contribution in [0.1, 0.15) is 24.5 Å². The summed E-state index contributed by atoms with van der Waals surface area (Å²) < 4.78 is 7.43. The van der Waals surface area contributed by atoms with Gasteiger partial charge < -0.3 is 20.3 Å². The summed E-state index contributed by atoms with van der Waals surface area (Å²) in [4.78, 5) is 18.9. The number of rotatable bonds is 9. The van der Waals surface area contributed by atoms with E-state index in [-0.39, 0.29) is 36.5 Å². The molecule has 9 heteroatoms. The smallest absolute Gasteiger partial charge is 0.265 e. The van der Waals surface area contributed by atoms with Crippen LogP contribution in [0.3, 0.4) is 0 Å². The van der Waals surface area contributed by atoms with Crippen molar-refractivity contribution in [1.82, 2.24) is 20.4 Å². The highest BCUT2D eigenvalue weighted by atomic mass is 127. The molecule has 2 aromatic carbocycles. The number of aliphatic imine (C=N–C) groups is 1. The molecule has 0 radical (unpaired) electrons. The summed E-state index contributed by atoms with van der Waals surface area (Å²) in [6, 6.07) is 17.9. The Hall–Kier alpha value is -3.08. The number of para-hydroxylation sites is 2. The topological polar surface area (TPSA) is 83.8 Å². The minimum atomic E-state index is -0.0111. The molecule has 0 atom stereocenters. The molecule has 34 heavy (non-hydrogen) atoms. The minimum Gasteiger partial charge on any atom is -0.482 e.